The minimum Gasteiger partial charge on any atom is -0.356 e. The lowest BCUT2D eigenvalue weighted by Crippen LogP contribution is -1.99. The van der Waals surface area contributed by atoms with E-state index < -0.39 is 0 Å². The Morgan fingerprint density at radius 3 is 1.89 bits per heavy atom. The Bertz CT molecular complexity index is 504. The number of hydrogen-bond donors (Lipinski definition) is 1. The lowest BCUT2D eigenvalue weighted by molar-refractivity contribution is 0.846. The fourth-order valence-electron chi connectivity index (χ4n) is 2.65. The molecule has 0 aliphatic rings. The number of aryl methyl sites for hydroxylation is 2. The van der Waals surface area contributed by atoms with E-state index >= 15 is 0 Å². The molecule has 1 heteroatoms. The SMILES string of the molecule is Cc1cc(Nc2ccccc2)cc(C)c1C(C)C. The summed E-state index contributed by atoms with van der Waals surface area (Å²) in [5.41, 5.74) is 6.50. The molecule has 0 radical (unpaired) electrons. The molecule has 0 atom stereocenters. The second kappa shape index (κ2) is 5.26. The molecule has 0 aromatic heterocycles. The summed E-state index contributed by atoms with van der Waals surface area (Å²) in [5, 5.41) is 3.45. The van der Waals surface area contributed by atoms with Gasteiger partial charge in [-0.05, 0) is 60.7 Å². The van der Waals surface area contributed by atoms with Crippen LogP contribution in [0.1, 0.15) is 36.5 Å². The van der Waals surface area contributed by atoms with E-state index in [1.807, 2.05) is 18.2 Å². The Morgan fingerprint density at radius 2 is 1.39 bits per heavy atom. The summed E-state index contributed by atoms with van der Waals surface area (Å²) in [6, 6.07) is 14.8. The minimum atomic E-state index is 0.579. The van der Waals surface area contributed by atoms with Gasteiger partial charge < -0.3 is 5.32 Å². The van der Waals surface area contributed by atoms with Crippen molar-refractivity contribution in [1.82, 2.24) is 0 Å². The molecule has 0 spiro atoms. The van der Waals surface area contributed by atoms with Crippen LogP contribution < -0.4 is 5.32 Å². The summed E-state index contributed by atoms with van der Waals surface area (Å²) in [4.78, 5) is 0. The predicted octanol–water partition coefficient (Wildman–Crippen LogP) is 5.17. The average molecular weight is 239 g/mol. The molecule has 0 heterocycles. The Balaban J connectivity index is 2.31. The molecule has 0 amide bonds. The van der Waals surface area contributed by atoms with E-state index in [9.17, 15) is 0 Å². The number of benzene rings is 2. The van der Waals surface area contributed by atoms with Crippen molar-refractivity contribution >= 4 is 11.4 Å². The molecule has 18 heavy (non-hydrogen) atoms. The maximum Gasteiger partial charge on any atom is 0.0389 e. The summed E-state index contributed by atoms with van der Waals surface area (Å²) >= 11 is 0. The van der Waals surface area contributed by atoms with Crippen molar-refractivity contribution < 1.29 is 0 Å². The van der Waals surface area contributed by atoms with Gasteiger partial charge in [-0.3, -0.25) is 0 Å². The van der Waals surface area contributed by atoms with E-state index in [2.05, 4.69) is 57.3 Å². The Hall–Kier alpha value is -1.76. The van der Waals surface area contributed by atoms with Crippen LogP contribution in [0.4, 0.5) is 11.4 Å². The third-order valence-corrected chi connectivity index (χ3v) is 3.23. The number of nitrogens with one attached hydrogen (secondary N) is 1. The monoisotopic (exact) mass is 239 g/mol. The predicted molar refractivity (Wildman–Crippen MR) is 79.7 cm³/mol. The molecule has 0 fully saturated rings. The molecule has 0 bridgehead atoms. The summed E-state index contributed by atoms with van der Waals surface area (Å²) in [6.07, 6.45) is 0. The molecule has 94 valence electrons. The lowest BCUT2D eigenvalue weighted by Gasteiger charge is -2.16. The maximum absolute atomic E-state index is 3.45. The lowest BCUT2D eigenvalue weighted by atomic mass is 9.93. The fourth-order valence-corrected chi connectivity index (χ4v) is 2.65. The molecule has 0 aliphatic carbocycles. The highest BCUT2D eigenvalue weighted by atomic mass is 14.9. The first-order valence-electron chi connectivity index (χ1n) is 6.51. The normalized spacial score (nSPS) is 10.7. The Morgan fingerprint density at radius 1 is 0.833 bits per heavy atom. The smallest absolute Gasteiger partial charge is 0.0389 e. The molecule has 2 aromatic carbocycles. The highest BCUT2D eigenvalue weighted by Gasteiger charge is 2.08. The molecule has 0 saturated carbocycles. The van der Waals surface area contributed by atoms with Crippen LogP contribution in [0.25, 0.3) is 0 Å². The van der Waals surface area contributed by atoms with Crippen LogP contribution in [0, 0.1) is 13.8 Å². The zero-order valence-electron chi connectivity index (χ0n) is 11.6. The van der Waals surface area contributed by atoms with Gasteiger partial charge in [0.25, 0.3) is 0 Å². The highest BCUT2D eigenvalue weighted by molar-refractivity contribution is 5.62. The van der Waals surface area contributed by atoms with Crippen LogP contribution in [0.5, 0.6) is 0 Å². The Labute approximate surface area is 110 Å². The van der Waals surface area contributed by atoms with Crippen molar-refractivity contribution in [2.75, 3.05) is 5.32 Å². The van der Waals surface area contributed by atoms with Gasteiger partial charge in [0.05, 0.1) is 0 Å². The topological polar surface area (TPSA) is 12.0 Å². The third-order valence-electron chi connectivity index (χ3n) is 3.23. The molecule has 0 aliphatic heterocycles. The molecule has 2 aromatic rings. The first-order valence-corrected chi connectivity index (χ1v) is 6.51. The van der Waals surface area contributed by atoms with Crippen LogP contribution in [-0.2, 0) is 0 Å². The molecule has 2 rings (SSSR count). The Kier molecular flexibility index (Phi) is 3.71. The van der Waals surface area contributed by atoms with E-state index in [1.165, 1.54) is 22.4 Å². The molecular formula is C17H21N. The van der Waals surface area contributed by atoms with E-state index in [-0.39, 0.29) is 0 Å². The summed E-state index contributed by atoms with van der Waals surface area (Å²) < 4.78 is 0. The molecule has 0 saturated heterocycles. The minimum absolute atomic E-state index is 0.579. The van der Waals surface area contributed by atoms with Gasteiger partial charge >= 0.3 is 0 Å². The molecular weight excluding hydrogens is 218 g/mol. The summed E-state index contributed by atoms with van der Waals surface area (Å²) in [7, 11) is 0. The molecule has 1 N–H and O–H groups in total. The van der Waals surface area contributed by atoms with E-state index in [1.54, 1.807) is 0 Å². The van der Waals surface area contributed by atoms with E-state index in [0.717, 1.165) is 5.69 Å². The number of hydrogen-bond acceptors (Lipinski definition) is 1. The second-order valence-corrected chi connectivity index (χ2v) is 5.17. The van der Waals surface area contributed by atoms with Crippen molar-refractivity contribution in [2.24, 2.45) is 0 Å². The van der Waals surface area contributed by atoms with Crippen LogP contribution in [0.3, 0.4) is 0 Å². The summed E-state index contributed by atoms with van der Waals surface area (Å²) in [6.45, 7) is 8.89. The third kappa shape index (κ3) is 2.73. The van der Waals surface area contributed by atoms with Gasteiger partial charge in [-0.25, -0.2) is 0 Å². The van der Waals surface area contributed by atoms with Crippen LogP contribution in [0.2, 0.25) is 0 Å². The van der Waals surface area contributed by atoms with Gasteiger partial charge in [-0.2, -0.15) is 0 Å². The van der Waals surface area contributed by atoms with Crippen LogP contribution in [-0.4, -0.2) is 0 Å². The van der Waals surface area contributed by atoms with Crippen molar-refractivity contribution in [3.05, 3.63) is 59.2 Å². The zero-order valence-corrected chi connectivity index (χ0v) is 11.6. The van der Waals surface area contributed by atoms with Crippen molar-refractivity contribution in [3.8, 4) is 0 Å². The van der Waals surface area contributed by atoms with Gasteiger partial charge in [-0.1, -0.05) is 32.0 Å². The van der Waals surface area contributed by atoms with Gasteiger partial charge in [-0.15, -0.1) is 0 Å². The van der Waals surface area contributed by atoms with Gasteiger partial charge in [0.2, 0.25) is 0 Å². The highest BCUT2D eigenvalue weighted by Crippen LogP contribution is 2.28. The van der Waals surface area contributed by atoms with Gasteiger partial charge in [0.15, 0.2) is 0 Å². The second-order valence-electron chi connectivity index (χ2n) is 5.17. The number of rotatable bonds is 3. The maximum atomic E-state index is 3.45. The van der Waals surface area contributed by atoms with Gasteiger partial charge in [0.1, 0.15) is 0 Å². The quantitative estimate of drug-likeness (QED) is 0.779. The first kappa shape index (κ1) is 12.7. The number of anilines is 2. The molecule has 1 nitrogen and oxygen atoms in total. The number of para-hydroxylation sites is 1. The summed E-state index contributed by atoms with van der Waals surface area (Å²) in [5.74, 6) is 0.579. The van der Waals surface area contributed by atoms with Crippen molar-refractivity contribution in [3.63, 3.8) is 0 Å². The standard InChI is InChI=1S/C17H21N/c1-12(2)17-13(3)10-16(11-14(17)4)18-15-8-6-5-7-9-15/h5-12,18H,1-4H3. The largest absolute Gasteiger partial charge is 0.356 e. The van der Waals surface area contributed by atoms with Crippen LogP contribution >= 0.6 is 0 Å². The van der Waals surface area contributed by atoms with Crippen molar-refractivity contribution in [2.45, 2.75) is 33.6 Å². The fraction of sp³-hybridized carbons (Fsp3) is 0.294. The first-order chi connectivity index (χ1) is 8.58. The van der Waals surface area contributed by atoms with Gasteiger partial charge in [0, 0.05) is 11.4 Å². The molecule has 0 unspecified atom stereocenters. The van der Waals surface area contributed by atoms with Crippen LogP contribution in [0.15, 0.2) is 42.5 Å². The van der Waals surface area contributed by atoms with E-state index in [0.29, 0.717) is 5.92 Å². The van der Waals surface area contributed by atoms with Crippen molar-refractivity contribution in [1.29, 1.82) is 0 Å². The van der Waals surface area contributed by atoms with E-state index in [4.69, 9.17) is 0 Å². The average Bonchev–Trinajstić information content (AvgIpc) is 2.28. The zero-order chi connectivity index (χ0) is 13.1.